The minimum absolute atomic E-state index is 0.618. The minimum atomic E-state index is -1.17. The number of thiophene rings is 2. The highest BCUT2D eigenvalue weighted by atomic mass is 32.3. The molecule has 0 atom stereocenters. The van der Waals surface area contributed by atoms with Crippen LogP contribution in [-0.2, 0) is 0 Å². The predicted octanol–water partition coefficient (Wildman–Crippen LogP) is 9.43. The molecule has 0 aliphatic carbocycles. The molecule has 0 amide bonds. The normalized spacial score (nSPS) is 11.4. The average Bonchev–Trinajstić information content (AvgIpc) is 3.58. The van der Waals surface area contributed by atoms with Gasteiger partial charge in [-0.2, -0.15) is 10.5 Å². The van der Waals surface area contributed by atoms with E-state index in [2.05, 4.69) is 82.6 Å². The van der Waals surface area contributed by atoms with Gasteiger partial charge in [-0.1, -0.05) is 42.5 Å². The van der Waals surface area contributed by atoms with E-state index in [-0.39, 0.29) is 0 Å². The van der Waals surface area contributed by atoms with E-state index in [4.69, 9.17) is 0 Å². The van der Waals surface area contributed by atoms with Crippen molar-refractivity contribution in [3.8, 4) is 33.0 Å². The van der Waals surface area contributed by atoms with Crippen molar-refractivity contribution in [3.63, 3.8) is 0 Å². The molecule has 0 unspecified atom stereocenters. The molecular weight excluding hydrogens is 525 g/mol. The average molecular weight is 551 g/mol. The number of benzene rings is 3. The predicted molar refractivity (Wildman–Crippen MR) is 166 cm³/mol. The first kappa shape index (κ1) is 25.6. The summed E-state index contributed by atoms with van der Waals surface area (Å²) >= 11 is 3.41. The molecule has 0 spiro atoms. The van der Waals surface area contributed by atoms with Crippen LogP contribution in [0.5, 0.6) is 0 Å². The SMILES string of the molecule is CS(C)(C)c1c(-c2sccc2Nc2ccccc2C#N)cccc1-c1sccc1Nc1ccccc1C#N. The Morgan fingerprint density at radius 2 is 1.03 bits per heavy atom. The molecule has 5 aromatic rings. The summed E-state index contributed by atoms with van der Waals surface area (Å²) < 4.78 is 0. The zero-order chi connectivity index (χ0) is 26.7. The van der Waals surface area contributed by atoms with Gasteiger partial charge in [0.2, 0.25) is 0 Å². The molecule has 0 radical (unpaired) electrons. The number of rotatable bonds is 7. The van der Waals surface area contributed by atoms with Crippen molar-refractivity contribution < 1.29 is 0 Å². The van der Waals surface area contributed by atoms with Crippen LogP contribution >= 0.6 is 32.7 Å². The highest BCUT2D eigenvalue weighted by Crippen LogP contribution is 2.57. The Hall–Kier alpha value is -4.01. The summed E-state index contributed by atoms with van der Waals surface area (Å²) in [6, 6.07) is 30.4. The van der Waals surface area contributed by atoms with E-state index < -0.39 is 10.0 Å². The van der Waals surface area contributed by atoms with Crippen molar-refractivity contribution in [1.82, 2.24) is 0 Å². The Morgan fingerprint density at radius 3 is 1.45 bits per heavy atom. The van der Waals surface area contributed by atoms with Gasteiger partial charge >= 0.3 is 0 Å². The third-order valence-corrected chi connectivity index (χ3v) is 9.64. The molecule has 0 aliphatic heterocycles. The molecule has 0 fully saturated rings. The molecule has 2 heterocycles. The van der Waals surface area contributed by atoms with Gasteiger partial charge in [-0.25, -0.2) is 10.0 Å². The van der Waals surface area contributed by atoms with E-state index in [1.54, 1.807) is 22.7 Å². The number of para-hydroxylation sites is 2. The summed E-state index contributed by atoms with van der Waals surface area (Å²) in [4.78, 5) is 3.63. The Kier molecular flexibility index (Phi) is 7.26. The fourth-order valence-corrected chi connectivity index (χ4v) is 8.01. The van der Waals surface area contributed by atoms with Gasteiger partial charge in [-0.15, -0.1) is 22.7 Å². The second-order valence-corrected chi connectivity index (χ2v) is 15.3. The summed E-state index contributed by atoms with van der Waals surface area (Å²) in [6.45, 7) is 0. The highest BCUT2D eigenvalue weighted by Gasteiger charge is 2.24. The van der Waals surface area contributed by atoms with Crippen LogP contribution < -0.4 is 10.6 Å². The second-order valence-electron chi connectivity index (χ2n) is 9.41. The van der Waals surface area contributed by atoms with Crippen LogP contribution in [-0.4, -0.2) is 18.8 Å². The lowest BCUT2D eigenvalue weighted by Crippen LogP contribution is -2.01. The van der Waals surface area contributed by atoms with Gasteiger partial charge in [0, 0.05) is 16.0 Å². The Morgan fingerprint density at radius 1 is 0.579 bits per heavy atom. The molecule has 7 heteroatoms. The number of nitriles is 2. The third-order valence-electron chi connectivity index (χ3n) is 6.08. The molecule has 3 aromatic carbocycles. The lowest BCUT2D eigenvalue weighted by molar-refractivity contribution is 1.43. The molecule has 0 saturated heterocycles. The summed E-state index contributed by atoms with van der Waals surface area (Å²) in [6.07, 6.45) is 6.98. The van der Waals surface area contributed by atoms with Gasteiger partial charge < -0.3 is 10.6 Å². The van der Waals surface area contributed by atoms with Crippen molar-refractivity contribution in [3.05, 3.63) is 101 Å². The van der Waals surface area contributed by atoms with E-state index in [1.165, 1.54) is 16.0 Å². The van der Waals surface area contributed by atoms with Crippen LogP contribution in [0.2, 0.25) is 0 Å². The zero-order valence-electron chi connectivity index (χ0n) is 21.3. The Labute approximate surface area is 233 Å². The number of nitrogens with zero attached hydrogens (tertiary/aromatic N) is 2. The first-order valence-corrected chi connectivity index (χ1v) is 16.5. The van der Waals surface area contributed by atoms with Crippen LogP contribution in [0.15, 0.2) is 94.5 Å². The number of nitrogens with one attached hydrogen (secondary N) is 2. The fourth-order valence-electron chi connectivity index (χ4n) is 4.46. The highest BCUT2D eigenvalue weighted by molar-refractivity contribution is 8.32. The molecule has 0 aliphatic rings. The molecule has 2 N–H and O–H groups in total. The molecule has 5 rings (SSSR count). The van der Waals surface area contributed by atoms with Crippen molar-refractivity contribution in [2.24, 2.45) is 0 Å². The van der Waals surface area contributed by atoms with E-state index >= 15 is 0 Å². The van der Waals surface area contributed by atoms with Crippen LogP contribution in [0.25, 0.3) is 20.9 Å². The monoisotopic (exact) mass is 550 g/mol. The summed E-state index contributed by atoms with van der Waals surface area (Å²) in [5, 5.41) is 30.4. The van der Waals surface area contributed by atoms with Gasteiger partial charge in [-0.05, 0) is 65.9 Å². The molecule has 188 valence electrons. The van der Waals surface area contributed by atoms with Gasteiger partial charge in [0.1, 0.15) is 12.1 Å². The lowest BCUT2D eigenvalue weighted by atomic mass is 10.1. The number of hydrogen-bond donors (Lipinski definition) is 2. The molecule has 0 saturated carbocycles. The number of hydrogen-bond acceptors (Lipinski definition) is 6. The lowest BCUT2D eigenvalue weighted by Gasteiger charge is -2.31. The molecular formula is C31H26N4S3. The Bertz CT molecular complexity index is 1580. The van der Waals surface area contributed by atoms with Crippen molar-refractivity contribution in [2.45, 2.75) is 4.90 Å². The number of anilines is 4. The van der Waals surface area contributed by atoms with E-state index in [1.807, 2.05) is 48.5 Å². The van der Waals surface area contributed by atoms with E-state index in [0.717, 1.165) is 32.5 Å². The molecule has 4 nitrogen and oxygen atoms in total. The first-order chi connectivity index (χ1) is 18.4. The van der Waals surface area contributed by atoms with Crippen LogP contribution in [0.3, 0.4) is 0 Å². The van der Waals surface area contributed by atoms with Crippen molar-refractivity contribution in [2.75, 3.05) is 29.4 Å². The van der Waals surface area contributed by atoms with Gasteiger partial charge in [0.15, 0.2) is 0 Å². The Balaban J connectivity index is 1.62. The van der Waals surface area contributed by atoms with Gasteiger partial charge in [-0.3, -0.25) is 0 Å². The van der Waals surface area contributed by atoms with Gasteiger partial charge in [0.05, 0.1) is 43.6 Å². The minimum Gasteiger partial charge on any atom is -0.353 e. The fraction of sp³-hybridized carbons (Fsp3) is 0.0968. The summed E-state index contributed by atoms with van der Waals surface area (Å²) in [7, 11) is -1.17. The molecule has 2 aromatic heterocycles. The largest absolute Gasteiger partial charge is 0.353 e. The van der Waals surface area contributed by atoms with Crippen molar-refractivity contribution >= 4 is 55.5 Å². The first-order valence-electron chi connectivity index (χ1n) is 11.9. The van der Waals surface area contributed by atoms with E-state index in [9.17, 15) is 10.5 Å². The maximum atomic E-state index is 9.58. The standard InChI is InChI=1S/C31H26N4S3/c1-38(2,3)31-23(29-27(15-17-36-29)34-25-13-6-4-9-21(25)19-32)11-8-12-24(31)30-28(16-18-37-30)35-26-14-7-5-10-22(26)20-33/h4-18,34-35H,1-3H3. The third kappa shape index (κ3) is 5.05. The topological polar surface area (TPSA) is 71.6 Å². The quantitative estimate of drug-likeness (QED) is 0.212. The molecule has 0 bridgehead atoms. The van der Waals surface area contributed by atoms with Crippen molar-refractivity contribution in [1.29, 1.82) is 10.5 Å². The molecule has 38 heavy (non-hydrogen) atoms. The summed E-state index contributed by atoms with van der Waals surface area (Å²) in [5.41, 5.74) is 7.23. The van der Waals surface area contributed by atoms with Crippen LogP contribution in [0, 0.1) is 22.7 Å². The maximum absolute atomic E-state index is 9.58. The van der Waals surface area contributed by atoms with Crippen LogP contribution in [0.1, 0.15) is 11.1 Å². The smallest absolute Gasteiger partial charge is 0.101 e. The second kappa shape index (κ2) is 10.8. The van der Waals surface area contributed by atoms with Gasteiger partial charge in [0.25, 0.3) is 0 Å². The zero-order valence-corrected chi connectivity index (χ0v) is 23.7. The summed E-state index contributed by atoms with van der Waals surface area (Å²) in [5.74, 6) is 0. The maximum Gasteiger partial charge on any atom is 0.101 e. The van der Waals surface area contributed by atoms with Crippen LogP contribution in [0.4, 0.5) is 22.7 Å². The van der Waals surface area contributed by atoms with E-state index in [0.29, 0.717) is 11.1 Å².